The topological polar surface area (TPSA) is 41.1 Å². The van der Waals surface area contributed by atoms with Crippen LogP contribution in [0.4, 0.5) is 0 Å². The molecule has 1 amide bonds. The van der Waals surface area contributed by atoms with Crippen LogP contribution in [0.5, 0.6) is 0 Å². The van der Waals surface area contributed by atoms with Gasteiger partial charge in [-0.3, -0.25) is 4.79 Å². The highest BCUT2D eigenvalue weighted by molar-refractivity contribution is 7.07. The molecule has 1 aromatic heterocycles. The zero-order valence-corrected chi connectivity index (χ0v) is 10.8. The Balaban J connectivity index is 2.04. The monoisotopic (exact) mass is 240 g/mol. The Labute approximate surface area is 101 Å². The molecule has 0 saturated heterocycles. The molecular weight excluding hydrogens is 220 g/mol. The van der Waals surface area contributed by atoms with Gasteiger partial charge in [0.1, 0.15) is 0 Å². The third-order valence-corrected chi connectivity index (χ3v) is 3.19. The molecule has 0 radical (unpaired) electrons. The number of amides is 1. The lowest BCUT2D eigenvalue weighted by atomic mass is 10.2. The maximum Gasteiger partial charge on any atom is 0.221 e. The molecule has 0 saturated carbocycles. The molecule has 3 nitrogen and oxygen atoms in total. The minimum Gasteiger partial charge on any atom is -0.354 e. The number of hydrogen-bond donors (Lipinski definition) is 2. The predicted molar refractivity (Wildman–Crippen MR) is 68.5 cm³/mol. The molecule has 0 aliphatic rings. The molecule has 4 heteroatoms. The Morgan fingerprint density at radius 1 is 1.56 bits per heavy atom. The van der Waals surface area contributed by atoms with E-state index in [4.69, 9.17) is 0 Å². The largest absolute Gasteiger partial charge is 0.354 e. The predicted octanol–water partition coefficient (Wildman–Crippen LogP) is 2.14. The summed E-state index contributed by atoms with van der Waals surface area (Å²) in [6, 6.07) is 2.38. The van der Waals surface area contributed by atoms with Crippen molar-refractivity contribution >= 4 is 17.2 Å². The van der Waals surface area contributed by atoms with Gasteiger partial charge in [-0.25, -0.2) is 0 Å². The van der Waals surface area contributed by atoms with Gasteiger partial charge in [0.25, 0.3) is 0 Å². The van der Waals surface area contributed by atoms with E-state index >= 15 is 0 Å². The second-order valence-electron chi connectivity index (χ2n) is 3.94. The molecule has 0 aliphatic carbocycles. The first-order valence-corrected chi connectivity index (χ1v) is 6.67. The Morgan fingerprint density at radius 2 is 2.38 bits per heavy atom. The van der Waals surface area contributed by atoms with Gasteiger partial charge in [0.15, 0.2) is 0 Å². The van der Waals surface area contributed by atoms with Crippen LogP contribution >= 0.6 is 11.3 Å². The van der Waals surface area contributed by atoms with E-state index in [9.17, 15) is 4.79 Å². The highest BCUT2D eigenvalue weighted by Crippen LogP contribution is 2.04. The fourth-order valence-electron chi connectivity index (χ4n) is 1.28. The summed E-state index contributed by atoms with van der Waals surface area (Å²) in [5.41, 5.74) is 1.28. The van der Waals surface area contributed by atoms with Gasteiger partial charge in [-0.2, -0.15) is 11.3 Å². The quantitative estimate of drug-likeness (QED) is 0.717. The minimum absolute atomic E-state index is 0.132. The third kappa shape index (κ3) is 5.28. The van der Waals surface area contributed by atoms with Crippen molar-refractivity contribution in [3.8, 4) is 0 Å². The molecule has 90 valence electrons. The fraction of sp³-hybridized carbons (Fsp3) is 0.583. The summed E-state index contributed by atoms with van der Waals surface area (Å²) >= 11 is 1.70. The summed E-state index contributed by atoms with van der Waals surface area (Å²) in [6.45, 7) is 5.68. The Morgan fingerprint density at radius 3 is 3.00 bits per heavy atom. The molecule has 1 aromatic rings. The number of rotatable bonds is 7. The molecule has 1 rings (SSSR count). The van der Waals surface area contributed by atoms with Gasteiger partial charge < -0.3 is 10.6 Å². The normalized spacial score (nSPS) is 12.4. The average Bonchev–Trinajstić information content (AvgIpc) is 2.77. The van der Waals surface area contributed by atoms with E-state index in [0.29, 0.717) is 6.42 Å². The fourth-order valence-corrected chi connectivity index (χ4v) is 1.95. The van der Waals surface area contributed by atoms with Crippen molar-refractivity contribution in [1.29, 1.82) is 0 Å². The molecule has 0 fully saturated rings. The maximum absolute atomic E-state index is 11.4. The molecule has 0 aromatic carbocycles. The third-order valence-electron chi connectivity index (χ3n) is 2.46. The molecule has 0 aliphatic heterocycles. The van der Waals surface area contributed by atoms with Crippen molar-refractivity contribution in [3.05, 3.63) is 22.4 Å². The molecular formula is C12H20N2OS. The molecule has 0 bridgehead atoms. The first-order valence-electron chi connectivity index (χ1n) is 5.73. The highest BCUT2D eigenvalue weighted by atomic mass is 32.1. The van der Waals surface area contributed by atoms with Crippen LogP contribution in [0, 0.1) is 0 Å². The highest BCUT2D eigenvalue weighted by Gasteiger charge is 2.04. The van der Waals surface area contributed by atoms with E-state index in [0.717, 1.165) is 19.5 Å². The first kappa shape index (κ1) is 13.2. The van der Waals surface area contributed by atoms with Crippen molar-refractivity contribution in [2.75, 3.05) is 6.54 Å². The number of nitrogens with one attached hydrogen (secondary N) is 2. The standard InChI is InChI=1S/C12H20N2OS/c1-3-10(2)14-12(15)4-6-13-8-11-5-7-16-9-11/h5,7,9-10,13H,3-4,6,8H2,1-2H3,(H,14,15). The summed E-state index contributed by atoms with van der Waals surface area (Å²) in [5.74, 6) is 0.132. The minimum atomic E-state index is 0.132. The second-order valence-corrected chi connectivity index (χ2v) is 4.72. The van der Waals surface area contributed by atoms with Crippen LogP contribution in [0.3, 0.4) is 0 Å². The number of carbonyl (C=O) groups excluding carboxylic acids is 1. The molecule has 2 N–H and O–H groups in total. The van der Waals surface area contributed by atoms with Crippen molar-refractivity contribution in [2.24, 2.45) is 0 Å². The van der Waals surface area contributed by atoms with Crippen molar-refractivity contribution in [1.82, 2.24) is 10.6 Å². The van der Waals surface area contributed by atoms with Crippen LogP contribution in [0.2, 0.25) is 0 Å². The lowest BCUT2D eigenvalue weighted by molar-refractivity contribution is -0.121. The van der Waals surface area contributed by atoms with E-state index in [-0.39, 0.29) is 11.9 Å². The SMILES string of the molecule is CCC(C)NC(=O)CCNCc1ccsc1. The van der Waals surface area contributed by atoms with Crippen LogP contribution in [-0.2, 0) is 11.3 Å². The van der Waals surface area contributed by atoms with E-state index in [1.807, 2.05) is 6.92 Å². The summed E-state index contributed by atoms with van der Waals surface area (Å²) in [4.78, 5) is 11.4. The molecule has 1 heterocycles. The summed E-state index contributed by atoms with van der Waals surface area (Å²) < 4.78 is 0. The summed E-state index contributed by atoms with van der Waals surface area (Å²) in [7, 11) is 0. The number of carbonyl (C=O) groups is 1. The second kappa shape index (κ2) is 7.41. The lowest BCUT2D eigenvalue weighted by Crippen LogP contribution is -2.33. The molecule has 1 unspecified atom stereocenters. The van der Waals surface area contributed by atoms with Crippen LogP contribution in [0.25, 0.3) is 0 Å². The number of hydrogen-bond acceptors (Lipinski definition) is 3. The van der Waals surface area contributed by atoms with Gasteiger partial charge in [-0.15, -0.1) is 0 Å². The number of thiophene rings is 1. The van der Waals surface area contributed by atoms with Crippen LogP contribution in [0.1, 0.15) is 32.3 Å². The molecule has 1 atom stereocenters. The van der Waals surface area contributed by atoms with Crippen LogP contribution in [0.15, 0.2) is 16.8 Å². The summed E-state index contributed by atoms with van der Waals surface area (Å²) in [6.07, 6.45) is 1.53. The van der Waals surface area contributed by atoms with Gasteiger partial charge in [-0.1, -0.05) is 6.92 Å². The molecule has 0 spiro atoms. The van der Waals surface area contributed by atoms with Crippen LogP contribution < -0.4 is 10.6 Å². The molecule has 16 heavy (non-hydrogen) atoms. The van der Waals surface area contributed by atoms with Gasteiger partial charge in [-0.05, 0) is 35.7 Å². The Bertz CT molecular complexity index is 298. The van der Waals surface area contributed by atoms with E-state index in [2.05, 4.69) is 34.4 Å². The van der Waals surface area contributed by atoms with Gasteiger partial charge in [0, 0.05) is 25.6 Å². The van der Waals surface area contributed by atoms with Crippen molar-refractivity contribution in [3.63, 3.8) is 0 Å². The van der Waals surface area contributed by atoms with Crippen molar-refractivity contribution < 1.29 is 4.79 Å². The van der Waals surface area contributed by atoms with Gasteiger partial charge in [0.2, 0.25) is 5.91 Å². The Kier molecular flexibility index (Phi) is 6.11. The first-order chi connectivity index (χ1) is 7.72. The van der Waals surface area contributed by atoms with Gasteiger partial charge >= 0.3 is 0 Å². The van der Waals surface area contributed by atoms with Crippen molar-refractivity contribution in [2.45, 2.75) is 39.3 Å². The smallest absolute Gasteiger partial charge is 0.221 e. The average molecular weight is 240 g/mol. The zero-order chi connectivity index (χ0) is 11.8. The van der Waals surface area contributed by atoms with E-state index in [1.54, 1.807) is 11.3 Å². The van der Waals surface area contributed by atoms with Gasteiger partial charge in [0.05, 0.1) is 0 Å². The zero-order valence-electron chi connectivity index (χ0n) is 9.95. The van der Waals surface area contributed by atoms with E-state index in [1.165, 1.54) is 5.56 Å². The maximum atomic E-state index is 11.4. The Hall–Kier alpha value is -0.870. The lowest BCUT2D eigenvalue weighted by Gasteiger charge is -2.11. The van der Waals surface area contributed by atoms with E-state index < -0.39 is 0 Å². The van der Waals surface area contributed by atoms with Crippen LogP contribution in [-0.4, -0.2) is 18.5 Å². The summed E-state index contributed by atoms with van der Waals surface area (Å²) in [5, 5.41) is 10.4.